The zero-order chi connectivity index (χ0) is 25.3. The van der Waals surface area contributed by atoms with E-state index in [9.17, 15) is 0 Å². The van der Waals surface area contributed by atoms with Gasteiger partial charge in [0.05, 0.1) is 0 Å². The third-order valence-corrected chi connectivity index (χ3v) is 14.5. The van der Waals surface area contributed by atoms with Crippen molar-refractivity contribution in [3.05, 3.63) is 114 Å². The highest BCUT2D eigenvalue weighted by molar-refractivity contribution is 8.00. The van der Waals surface area contributed by atoms with Crippen LogP contribution in [-0.2, 0) is 0 Å². The molecule has 0 heterocycles. The summed E-state index contributed by atoms with van der Waals surface area (Å²) in [6.07, 6.45) is 10.8. The molecule has 3 heteroatoms. The van der Waals surface area contributed by atoms with Crippen molar-refractivity contribution >= 4 is 30.4 Å². The molecule has 0 aromatic heterocycles. The predicted octanol–water partition coefficient (Wildman–Crippen LogP) is 7.04. The molecule has 0 aliphatic heterocycles. The smallest absolute Gasteiger partial charge is 0.194 e. The van der Waals surface area contributed by atoms with Crippen molar-refractivity contribution in [2.75, 3.05) is 0 Å². The normalized spacial score (nSPS) is 23.6. The van der Waals surface area contributed by atoms with E-state index in [4.69, 9.17) is 0 Å². The van der Waals surface area contributed by atoms with E-state index >= 15 is 0 Å². The number of fused-ring (bicyclic) bond motifs is 1. The lowest BCUT2D eigenvalue weighted by Gasteiger charge is -2.46. The summed E-state index contributed by atoms with van der Waals surface area (Å²) in [6.45, 7) is 11.4. The van der Waals surface area contributed by atoms with E-state index in [1.54, 1.807) is 0 Å². The Hall–Kier alpha value is -2.33. The van der Waals surface area contributed by atoms with Crippen LogP contribution in [0.2, 0.25) is 5.54 Å². The standard InChI is InChI=1S/C33H39NSSi/c1-24-15-19-27(20-16-24)36(34-33(3,4)5,28-21-17-25(2)18-22-28)32-23-31(29-13-9-10-14-30(29)32)35-26-11-7-6-8-12-26/h6-22,29-32,34H,23H2,1-5H3. The van der Waals surface area contributed by atoms with E-state index < -0.39 is 8.24 Å². The van der Waals surface area contributed by atoms with Crippen molar-refractivity contribution in [1.29, 1.82) is 0 Å². The molecule has 36 heavy (non-hydrogen) atoms. The molecule has 5 rings (SSSR count). The molecular formula is C33H39NSSi. The van der Waals surface area contributed by atoms with Crippen molar-refractivity contribution in [2.24, 2.45) is 11.8 Å². The van der Waals surface area contributed by atoms with Crippen LogP contribution in [0.5, 0.6) is 0 Å². The van der Waals surface area contributed by atoms with Gasteiger partial charge >= 0.3 is 0 Å². The molecule has 1 nitrogen and oxygen atoms in total. The Morgan fingerprint density at radius 2 is 1.25 bits per heavy atom. The van der Waals surface area contributed by atoms with Gasteiger partial charge in [-0.05, 0) is 80.9 Å². The minimum atomic E-state index is -2.41. The van der Waals surface area contributed by atoms with E-state index in [0.717, 1.165) is 0 Å². The van der Waals surface area contributed by atoms with E-state index in [1.165, 1.54) is 32.8 Å². The van der Waals surface area contributed by atoms with Crippen molar-refractivity contribution in [1.82, 2.24) is 4.98 Å². The second kappa shape index (κ2) is 10.2. The molecule has 1 saturated carbocycles. The molecule has 1 fully saturated rings. The van der Waals surface area contributed by atoms with E-state index in [2.05, 4.69) is 155 Å². The Morgan fingerprint density at radius 3 is 1.78 bits per heavy atom. The number of rotatable bonds is 6. The van der Waals surface area contributed by atoms with Crippen LogP contribution in [0.3, 0.4) is 0 Å². The molecule has 1 N–H and O–H groups in total. The fourth-order valence-corrected chi connectivity index (χ4v) is 13.6. The Kier molecular flexibility index (Phi) is 7.18. The molecule has 4 atom stereocenters. The fourth-order valence-electron chi connectivity index (χ4n) is 6.30. The maximum atomic E-state index is 4.37. The van der Waals surface area contributed by atoms with Gasteiger partial charge in [-0.2, -0.15) is 0 Å². The third kappa shape index (κ3) is 5.07. The van der Waals surface area contributed by atoms with E-state index in [1.807, 2.05) is 0 Å². The van der Waals surface area contributed by atoms with E-state index in [0.29, 0.717) is 22.6 Å². The summed E-state index contributed by atoms with van der Waals surface area (Å²) in [5, 5.41) is 3.57. The van der Waals surface area contributed by atoms with Gasteiger partial charge in [0.1, 0.15) is 0 Å². The summed E-state index contributed by atoms with van der Waals surface area (Å²) in [4.78, 5) is 5.75. The van der Waals surface area contributed by atoms with Crippen LogP contribution in [-0.4, -0.2) is 19.0 Å². The first-order chi connectivity index (χ1) is 17.3. The number of hydrogen-bond donors (Lipinski definition) is 1. The largest absolute Gasteiger partial charge is 0.325 e. The lowest BCUT2D eigenvalue weighted by atomic mass is 9.91. The van der Waals surface area contributed by atoms with Gasteiger partial charge in [0, 0.05) is 15.7 Å². The minimum Gasteiger partial charge on any atom is -0.325 e. The van der Waals surface area contributed by atoms with Gasteiger partial charge in [0.2, 0.25) is 0 Å². The average molecular weight is 510 g/mol. The van der Waals surface area contributed by atoms with Crippen LogP contribution in [0, 0.1) is 25.7 Å². The molecule has 2 aliphatic rings. The van der Waals surface area contributed by atoms with Crippen LogP contribution >= 0.6 is 11.8 Å². The maximum absolute atomic E-state index is 4.37. The Morgan fingerprint density at radius 1 is 0.722 bits per heavy atom. The first-order valence-electron chi connectivity index (χ1n) is 13.3. The van der Waals surface area contributed by atoms with Crippen LogP contribution in [0.1, 0.15) is 38.3 Å². The summed E-state index contributed by atoms with van der Waals surface area (Å²) >= 11 is 2.08. The number of nitrogens with one attached hydrogen (secondary N) is 1. The number of benzene rings is 3. The van der Waals surface area contributed by atoms with Gasteiger partial charge < -0.3 is 4.98 Å². The molecule has 0 bridgehead atoms. The van der Waals surface area contributed by atoms with Gasteiger partial charge in [-0.25, -0.2) is 0 Å². The molecule has 0 saturated heterocycles. The van der Waals surface area contributed by atoms with Crippen molar-refractivity contribution < 1.29 is 0 Å². The quantitative estimate of drug-likeness (QED) is 0.358. The first kappa shape index (κ1) is 25.3. The molecule has 3 aromatic rings. The Labute approximate surface area is 223 Å². The van der Waals surface area contributed by atoms with Gasteiger partial charge in [-0.15, -0.1) is 11.8 Å². The van der Waals surface area contributed by atoms with Crippen molar-refractivity contribution in [2.45, 2.75) is 62.3 Å². The molecule has 4 unspecified atom stereocenters. The Bertz CT molecular complexity index is 1180. The number of aryl methyl sites for hydroxylation is 2. The summed E-state index contributed by atoms with van der Waals surface area (Å²) in [5.41, 5.74) is 3.19. The number of allylic oxidation sites excluding steroid dienone is 4. The number of hydrogen-bond acceptors (Lipinski definition) is 2. The van der Waals surface area contributed by atoms with Crippen molar-refractivity contribution in [3.8, 4) is 0 Å². The summed E-state index contributed by atoms with van der Waals surface area (Å²) < 4.78 is 0. The lowest BCUT2D eigenvalue weighted by Crippen LogP contribution is -2.75. The summed E-state index contributed by atoms with van der Waals surface area (Å²) in [6, 6.07) is 30.0. The third-order valence-electron chi connectivity index (χ3n) is 7.78. The summed E-state index contributed by atoms with van der Waals surface area (Å²) in [5.74, 6) is 1.08. The van der Waals surface area contributed by atoms with Gasteiger partial charge in [-0.1, -0.05) is 102 Å². The fraction of sp³-hybridized carbons (Fsp3) is 0.333. The highest BCUT2D eigenvalue weighted by atomic mass is 32.2. The van der Waals surface area contributed by atoms with E-state index in [-0.39, 0.29) is 5.54 Å². The zero-order valence-electron chi connectivity index (χ0n) is 22.2. The topological polar surface area (TPSA) is 12.0 Å². The summed E-state index contributed by atoms with van der Waals surface area (Å²) in [7, 11) is -2.41. The second-order valence-corrected chi connectivity index (χ2v) is 16.7. The zero-order valence-corrected chi connectivity index (χ0v) is 24.1. The predicted molar refractivity (Wildman–Crippen MR) is 160 cm³/mol. The lowest BCUT2D eigenvalue weighted by molar-refractivity contribution is 0.494. The molecule has 3 aromatic carbocycles. The average Bonchev–Trinajstić information content (AvgIpc) is 3.22. The Balaban J connectivity index is 1.68. The van der Waals surface area contributed by atoms with Crippen LogP contribution in [0.25, 0.3) is 0 Å². The molecule has 0 radical (unpaired) electrons. The van der Waals surface area contributed by atoms with Crippen LogP contribution in [0.15, 0.2) is 108 Å². The highest BCUT2D eigenvalue weighted by Crippen LogP contribution is 2.54. The molecule has 0 spiro atoms. The molecule has 186 valence electrons. The second-order valence-electron chi connectivity index (χ2n) is 11.7. The van der Waals surface area contributed by atoms with Crippen molar-refractivity contribution in [3.63, 3.8) is 0 Å². The van der Waals surface area contributed by atoms with Gasteiger partial charge in [-0.3, -0.25) is 0 Å². The SMILES string of the molecule is Cc1ccc([Si](NC(C)(C)C)(c2ccc(C)cc2)C2CC(Sc3ccccc3)C3C=CC=CC32)cc1. The van der Waals surface area contributed by atoms with Gasteiger partial charge in [0.15, 0.2) is 8.24 Å². The molecule has 0 amide bonds. The monoisotopic (exact) mass is 509 g/mol. The molecular weight excluding hydrogens is 471 g/mol. The number of thioether (sulfide) groups is 1. The molecule has 2 aliphatic carbocycles. The first-order valence-corrected chi connectivity index (χ1v) is 16.2. The highest BCUT2D eigenvalue weighted by Gasteiger charge is 2.56. The maximum Gasteiger partial charge on any atom is 0.194 e. The minimum absolute atomic E-state index is 0.00360. The van der Waals surface area contributed by atoms with Crippen LogP contribution < -0.4 is 15.4 Å². The van der Waals surface area contributed by atoms with Gasteiger partial charge in [0.25, 0.3) is 0 Å². The van der Waals surface area contributed by atoms with Crippen LogP contribution in [0.4, 0.5) is 0 Å².